The van der Waals surface area contributed by atoms with E-state index in [1.54, 1.807) is 6.20 Å². The Hall–Kier alpha value is -3.08. The van der Waals surface area contributed by atoms with Crippen LogP contribution in [0.4, 0.5) is 9.52 Å². The number of nitrogen functional groups attached to an aromatic ring is 1. The molecule has 3 aromatic heterocycles. The van der Waals surface area contributed by atoms with Gasteiger partial charge in [0.15, 0.2) is 5.13 Å². The molecule has 0 aliphatic carbocycles. The SMILES string of the molecule is Cc1cc(-n2cnn(C/C(=C/F)CN)c2=O)cnc1-c1ccc2sc(N)nc2c1.Cl. The lowest BCUT2D eigenvalue weighted by Gasteiger charge is -2.08. The van der Waals surface area contributed by atoms with E-state index in [0.29, 0.717) is 17.1 Å². The molecule has 156 valence electrons. The molecule has 0 aliphatic rings. The van der Waals surface area contributed by atoms with Crippen molar-refractivity contribution in [3.63, 3.8) is 0 Å². The van der Waals surface area contributed by atoms with E-state index in [-0.39, 0.29) is 31.1 Å². The van der Waals surface area contributed by atoms with Crippen LogP contribution in [0.3, 0.4) is 0 Å². The number of aryl methyl sites for hydroxylation is 1. The third kappa shape index (κ3) is 3.97. The Morgan fingerprint density at radius 2 is 2.13 bits per heavy atom. The average Bonchev–Trinajstić information content (AvgIpc) is 3.26. The van der Waals surface area contributed by atoms with Crippen LogP contribution in [-0.2, 0) is 6.54 Å². The van der Waals surface area contributed by atoms with E-state index < -0.39 is 5.69 Å². The minimum absolute atomic E-state index is 0. The van der Waals surface area contributed by atoms with Gasteiger partial charge in [-0.2, -0.15) is 5.10 Å². The molecule has 1 aromatic carbocycles. The molecule has 4 rings (SSSR count). The molecule has 0 atom stereocenters. The molecule has 11 heteroatoms. The average molecular weight is 448 g/mol. The fourth-order valence-corrected chi connectivity index (χ4v) is 3.76. The van der Waals surface area contributed by atoms with Gasteiger partial charge in [-0.25, -0.2) is 23.4 Å². The topological polar surface area (TPSA) is 118 Å². The summed E-state index contributed by atoms with van der Waals surface area (Å²) in [4.78, 5) is 21.4. The number of benzene rings is 1. The van der Waals surface area contributed by atoms with Crippen molar-refractivity contribution in [1.82, 2.24) is 24.3 Å². The van der Waals surface area contributed by atoms with E-state index in [4.69, 9.17) is 11.5 Å². The van der Waals surface area contributed by atoms with E-state index in [2.05, 4.69) is 15.1 Å². The highest BCUT2D eigenvalue weighted by Crippen LogP contribution is 2.29. The van der Waals surface area contributed by atoms with Gasteiger partial charge in [0.05, 0.1) is 40.7 Å². The number of aromatic nitrogens is 5. The monoisotopic (exact) mass is 447 g/mol. The lowest BCUT2D eigenvalue weighted by molar-refractivity contribution is 0.612. The second kappa shape index (κ2) is 8.74. The van der Waals surface area contributed by atoms with Crippen LogP contribution in [0.1, 0.15) is 5.56 Å². The quantitative estimate of drug-likeness (QED) is 0.485. The lowest BCUT2D eigenvalue weighted by atomic mass is 10.1. The number of pyridine rings is 1. The fourth-order valence-electron chi connectivity index (χ4n) is 3.05. The maximum Gasteiger partial charge on any atom is 0.350 e. The Balaban J connectivity index is 0.00000256. The Bertz CT molecular complexity index is 1290. The van der Waals surface area contributed by atoms with Gasteiger partial charge in [0.25, 0.3) is 0 Å². The first-order valence-electron chi connectivity index (χ1n) is 8.76. The van der Waals surface area contributed by atoms with Crippen molar-refractivity contribution in [2.45, 2.75) is 13.5 Å². The van der Waals surface area contributed by atoms with Gasteiger partial charge >= 0.3 is 5.69 Å². The first kappa shape index (κ1) is 21.6. The number of anilines is 1. The highest BCUT2D eigenvalue weighted by molar-refractivity contribution is 7.22. The second-order valence-electron chi connectivity index (χ2n) is 6.51. The molecule has 0 amide bonds. The van der Waals surface area contributed by atoms with Gasteiger partial charge in [0.2, 0.25) is 0 Å². The molecular weight excluding hydrogens is 429 g/mol. The molecule has 0 aliphatic heterocycles. The number of hydrogen-bond acceptors (Lipinski definition) is 7. The molecule has 8 nitrogen and oxygen atoms in total. The molecule has 0 saturated carbocycles. The number of thiazole rings is 1. The summed E-state index contributed by atoms with van der Waals surface area (Å²) in [7, 11) is 0. The molecule has 3 heterocycles. The molecule has 0 bridgehead atoms. The summed E-state index contributed by atoms with van der Waals surface area (Å²) in [6.45, 7) is 1.93. The third-order valence-electron chi connectivity index (χ3n) is 4.52. The third-order valence-corrected chi connectivity index (χ3v) is 5.39. The maximum atomic E-state index is 12.7. The molecule has 0 unspecified atom stereocenters. The van der Waals surface area contributed by atoms with Crippen molar-refractivity contribution < 1.29 is 4.39 Å². The van der Waals surface area contributed by atoms with Crippen LogP contribution in [0.2, 0.25) is 0 Å². The van der Waals surface area contributed by atoms with Crippen LogP contribution >= 0.6 is 23.7 Å². The maximum absolute atomic E-state index is 12.7. The Morgan fingerprint density at radius 1 is 1.33 bits per heavy atom. The molecular formula is C19H19ClFN7OS. The highest BCUT2D eigenvalue weighted by Gasteiger charge is 2.12. The van der Waals surface area contributed by atoms with Gasteiger partial charge < -0.3 is 11.5 Å². The van der Waals surface area contributed by atoms with Crippen LogP contribution in [0.25, 0.3) is 27.2 Å². The van der Waals surface area contributed by atoms with Crippen molar-refractivity contribution in [2.24, 2.45) is 5.73 Å². The van der Waals surface area contributed by atoms with E-state index in [9.17, 15) is 9.18 Å². The number of fused-ring (bicyclic) bond motifs is 1. The van der Waals surface area contributed by atoms with Crippen molar-refractivity contribution in [3.05, 3.63) is 64.7 Å². The standard InChI is InChI=1S/C19H18FN7OS.ClH/c1-11-4-14(26-10-24-27(19(26)28)9-12(6-20)7-21)8-23-17(11)13-2-3-16-15(5-13)25-18(22)29-16;/h2-6,8,10H,7,9,21H2,1H3,(H2,22,25);1H/b12-6+;. The normalized spacial score (nSPS) is 11.6. The number of nitrogens with two attached hydrogens (primary N) is 2. The van der Waals surface area contributed by atoms with E-state index in [1.807, 2.05) is 31.2 Å². The van der Waals surface area contributed by atoms with Gasteiger partial charge in [-0.15, -0.1) is 12.4 Å². The second-order valence-corrected chi connectivity index (χ2v) is 7.57. The van der Waals surface area contributed by atoms with Crippen molar-refractivity contribution in [1.29, 1.82) is 0 Å². The van der Waals surface area contributed by atoms with Crippen molar-refractivity contribution in [3.8, 4) is 16.9 Å². The summed E-state index contributed by atoms with van der Waals surface area (Å²) in [5.41, 5.74) is 15.1. The van der Waals surface area contributed by atoms with Gasteiger partial charge in [-0.3, -0.25) is 4.98 Å². The summed E-state index contributed by atoms with van der Waals surface area (Å²) in [6.07, 6.45) is 3.39. The van der Waals surface area contributed by atoms with Crippen LogP contribution in [0, 0.1) is 6.92 Å². The smallest absolute Gasteiger partial charge is 0.350 e. The lowest BCUT2D eigenvalue weighted by Crippen LogP contribution is -2.26. The predicted molar refractivity (Wildman–Crippen MR) is 119 cm³/mol. The van der Waals surface area contributed by atoms with Crippen molar-refractivity contribution >= 4 is 39.1 Å². The zero-order valence-electron chi connectivity index (χ0n) is 15.9. The largest absolute Gasteiger partial charge is 0.375 e. The summed E-state index contributed by atoms with van der Waals surface area (Å²) >= 11 is 1.43. The van der Waals surface area contributed by atoms with Crippen LogP contribution in [-0.4, -0.2) is 30.9 Å². The number of rotatable bonds is 5. The molecule has 30 heavy (non-hydrogen) atoms. The summed E-state index contributed by atoms with van der Waals surface area (Å²) in [6, 6.07) is 7.73. The zero-order chi connectivity index (χ0) is 20.5. The molecule has 0 radical (unpaired) electrons. The minimum Gasteiger partial charge on any atom is -0.375 e. The van der Waals surface area contributed by atoms with E-state index in [0.717, 1.165) is 31.7 Å². The zero-order valence-corrected chi connectivity index (χ0v) is 17.6. The molecule has 0 saturated heterocycles. The first-order chi connectivity index (χ1) is 14.0. The van der Waals surface area contributed by atoms with Crippen LogP contribution < -0.4 is 17.2 Å². The Kier molecular flexibility index (Phi) is 6.30. The number of nitrogens with zero attached hydrogens (tertiary/aromatic N) is 5. The van der Waals surface area contributed by atoms with Gasteiger partial charge in [0.1, 0.15) is 6.33 Å². The van der Waals surface area contributed by atoms with Crippen molar-refractivity contribution in [2.75, 3.05) is 12.3 Å². The van der Waals surface area contributed by atoms with E-state index in [1.165, 1.54) is 22.2 Å². The highest BCUT2D eigenvalue weighted by atomic mass is 35.5. The summed E-state index contributed by atoms with van der Waals surface area (Å²) in [5.74, 6) is 0. The van der Waals surface area contributed by atoms with Gasteiger partial charge in [-0.05, 0) is 36.3 Å². The fraction of sp³-hybridized carbons (Fsp3) is 0.158. The molecule has 0 spiro atoms. The Morgan fingerprint density at radius 3 is 2.83 bits per heavy atom. The van der Waals surface area contributed by atoms with Gasteiger partial charge in [0, 0.05) is 12.1 Å². The first-order valence-corrected chi connectivity index (χ1v) is 9.58. The molecule has 4 N–H and O–H groups in total. The van der Waals surface area contributed by atoms with Crippen LogP contribution in [0.15, 0.2) is 53.5 Å². The number of halogens is 2. The summed E-state index contributed by atoms with van der Waals surface area (Å²) < 4.78 is 16.3. The number of hydrogen-bond donors (Lipinski definition) is 2. The summed E-state index contributed by atoms with van der Waals surface area (Å²) in [5, 5.41) is 4.55. The molecule has 4 aromatic rings. The molecule has 0 fully saturated rings. The predicted octanol–water partition coefficient (Wildman–Crippen LogP) is 2.83. The van der Waals surface area contributed by atoms with Gasteiger partial charge in [-0.1, -0.05) is 17.4 Å². The van der Waals surface area contributed by atoms with Crippen LogP contribution in [0.5, 0.6) is 0 Å². The minimum atomic E-state index is -0.397. The Labute approximate surface area is 181 Å². The van der Waals surface area contributed by atoms with E-state index >= 15 is 0 Å².